The van der Waals surface area contributed by atoms with Crippen molar-refractivity contribution in [2.24, 2.45) is 4.99 Å². The number of amides is 1. The van der Waals surface area contributed by atoms with Gasteiger partial charge in [0.2, 0.25) is 0 Å². The van der Waals surface area contributed by atoms with Gasteiger partial charge < -0.3 is 9.88 Å². The van der Waals surface area contributed by atoms with Gasteiger partial charge in [-0.2, -0.15) is 0 Å². The molecule has 0 radical (unpaired) electrons. The first-order valence-corrected chi connectivity index (χ1v) is 11.4. The summed E-state index contributed by atoms with van der Waals surface area (Å²) in [6.07, 6.45) is 1.81. The molecule has 0 saturated carbocycles. The van der Waals surface area contributed by atoms with Crippen LogP contribution in [0, 0.1) is 30.9 Å². The SMILES string of the molecule is Cc1cc([N+](=O)[O-])ccc1-n1c(C)cc(/C=C2\SC(=Nc3cccc(Cl)c3Cl)NC2=O)c1C. The van der Waals surface area contributed by atoms with Gasteiger partial charge in [-0.25, -0.2) is 4.99 Å². The number of nitrogens with one attached hydrogen (secondary N) is 1. The summed E-state index contributed by atoms with van der Waals surface area (Å²) >= 11 is 13.5. The van der Waals surface area contributed by atoms with Gasteiger partial charge in [-0.05, 0) is 74.0 Å². The lowest BCUT2D eigenvalue weighted by atomic mass is 10.1. The van der Waals surface area contributed by atoms with Crippen LogP contribution in [0.3, 0.4) is 0 Å². The zero-order chi connectivity index (χ0) is 23.9. The van der Waals surface area contributed by atoms with Crippen LogP contribution in [0.1, 0.15) is 22.5 Å². The zero-order valence-corrected chi connectivity index (χ0v) is 20.2. The number of aryl methyl sites for hydroxylation is 2. The van der Waals surface area contributed by atoms with Crippen LogP contribution in [0.2, 0.25) is 10.0 Å². The third kappa shape index (κ3) is 4.55. The average molecular weight is 501 g/mol. The molecule has 33 heavy (non-hydrogen) atoms. The molecule has 4 rings (SSSR count). The number of aromatic nitrogens is 1. The highest BCUT2D eigenvalue weighted by molar-refractivity contribution is 8.18. The molecule has 1 aliphatic heterocycles. The summed E-state index contributed by atoms with van der Waals surface area (Å²) in [5.74, 6) is -0.256. The minimum Gasteiger partial charge on any atom is -0.318 e. The first-order valence-electron chi connectivity index (χ1n) is 9.83. The van der Waals surface area contributed by atoms with Gasteiger partial charge in [-0.15, -0.1) is 0 Å². The molecule has 168 valence electrons. The lowest BCUT2D eigenvalue weighted by Crippen LogP contribution is -2.19. The maximum Gasteiger partial charge on any atom is 0.269 e. The number of nitro benzene ring substituents is 1. The number of halogens is 2. The van der Waals surface area contributed by atoms with Crippen molar-refractivity contribution in [3.05, 3.63) is 90.0 Å². The van der Waals surface area contributed by atoms with E-state index in [1.54, 1.807) is 30.3 Å². The van der Waals surface area contributed by atoms with Crippen molar-refractivity contribution >= 4 is 63.5 Å². The zero-order valence-electron chi connectivity index (χ0n) is 17.8. The van der Waals surface area contributed by atoms with Crippen molar-refractivity contribution in [2.75, 3.05) is 0 Å². The predicted molar refractivity (Wildman–Crippen MR) is 134 cm³/mol. The number of carbonyl (C=O) groups is 1. The summed E-state index contributed by atoms with van der Waals surface area (Å²) in [6, 6.07) is 11.9. The fourth-order valence-electron chi connectivity index (χ4n) is 3.62. The van der Waals surface area contributed by atoms with E-state index in [1.165, 1.54) is 17.8 Å². The number of nitro groups is 1. The Morgan fingerprint density at radius 2 is 1.91 bits per heavy atom. The molecular formula is C23H18Cl2N4O3S. The molecule has 0 atom stereocenters. The van der Waals surface area contributed by atoms with Gasteiger partial charge in [0.15, 0.2) is 5.17 Å². The molecule has 1 aromatic heterocycles. The Balaban J connectivity index is 1.67. The second-order valence-corrected chi connectivity index (χ2v) is 9.26. The van der Waals surface area contributed by atoms with E-state index in [-0.39, 0.29) is 11.6 Å². The number of carbonyl (C=O) groups excluding carboxylic acids is 1. The lowest BCUT2D eigenvalue weighted by Gasteiger charge is -2.12. The Hall–Kier alpha value is -3.07. The molecule has 0 aliphatic carbocycles. The maximum absolute atomic E-state index is 12.5. The van der Waals surface area contributed by atoms with Crippen LogP contribution in [0.15, 0.2) is 52.4 Å². The van der Waals surface area contributed by atoms with E-state index in [0.717, 1.165) is 28.2 Å². The fraction of sp³-hybridized carbons (Fsp3) is 0.130. The van der Waals surface area contributed by atoms with Crippen LogP contribution in [-0.4, -0.2) is 20.6 Å². The summed E-state index contributed by atoms with van der Waals surface area (Å²) in [5.41, 5.74) is 4.87. The Kier molecular flexibility index (Phi) is 6.34. The van der Waals surface area contributed by atoms with Crippen LogP contribution in [0.5, 0.6) is 0 Å². The average Bonchev–Trinajstić information content (AvgIpc) is 3.24. The molecule has 0 spiro atoms. The number of benzene rings is 2. The molecule has 1 fully saturated rings. The molecule has 3 aromatic rings. The van der Waals surface area contributed by atoms with Gasteiger partial charge in [-0.3, -0.25) is 14.9 Å². The van der Waals surface area contributed by atoms with Crippen molar-refractivity contribution in [3.63, 3.8) is 0 Å². The van der Waals surface area contributed by atoms with Gasteiger partial charge in [0.1, 0.15) is 0 Å². The summed E-state index contributed by atoms with van der Waals surface area (Å²) < 4.78 is 2.02. The molecule has 0 unspecified atom stereocenters. The number of nitrogens with zero attached hydrogens (tertiary/aromatic N) is 3. The van der Waals surface area contributed by atoms with Crippen LogP contribution in [0.4, 0.5) is 11.4 Å². The van der Waals surface area contributed by atoms with Crippen molar-refractivity contribution in [1.29, 1.82) is 0 Å². The van der Waals surface area contributed by atoms with Crippen LogP contribution in [0.25, 0.3) is 11.8 Å². The van der Waals surface area contributed by atoms with Gasteiger partial charge >= 0.3 is 0 Å². The fourth-order valence-corrected chi connectivity index (χ4v) is 4.78. The Bertz CT molecular complexity index is 1380. The monoisotopic (exact) mass is 500 g/mol. The predicted octanol–water partition coefficient (Wildman–Crippen LogP) is 6.51. The van der Waals surface area contributed by atoms with Gasteiger partial charge in [0.25, 0.3) is 11.6 Å². The highest BCUT2D eigenvalue weighted by Crippen LogP contribution is 2.35. The van der Waals surface area contributed by atoms with E-state index in [9.17, 15) is 14.9 Å². The van der Waals surface area contributed by atoms with Gasteiger partial charge in [-0.1, -0.05) is 29.3 Å². The lowest BCUT2D eigenvalue weighted by molar-refractivity contribution is -0.384. The first-order chi connectivity index (χ1) is 15.7. The Labute approximate surface area is 204 Å². The molecule has 7 nitrogen and oxygen atoms in total. The quantitative estimate of drug-likeness (QED) is 0.251. The van der Waals surface area contributed by atoms with Crippen LogP contribution >= 0.6 is 35.0 Å². The number of aliphatic imine (C=N–C) groups is 1. The molecule has 1 N–H and O–H groups in total. The number of rotatable bonds is 4. The molecule has 1 aliphatic rings. The third-order valence-corrected chi connectivity index (χ3v) is 6.91. The number of hydrogen-bond donors (Lipinski definition) is 1. The normalized spacial score (nSPS) is 16.0. The highest BCUT2D eigenvalue weighted by atomic mass is 35.5. The Morgan fingerprint density at radius 1 is 1.15 bits per heavy atom. The van der Waals surface area contributed by atoms with E-state index in [2.05, 4.69) is 10.3 Å². The minimum absolute atomic E-state index is 0.0479. The largest absolute Gasteiger partial charge is 0.318 e. The minimum atomic E-state index is -0.409. The van der Waals surface area contributed by atoms with E-state index >= 15 is 0 Å². The highest BCUT2D eigenvalue weighted by Gasteiger charge is 2.25. The van der Waals surface area contributed by atoms with Gasteiger partial charge in [0.05, 0.1) is 25.6 Å². The molecule has 0 bridgehead atoms. The first kappa shape index (κ1) is 23.1. The standard InChI is InChI=1S/C23H18Cl2N4O3S/c1-12-9-16(29(31)32)7-8-19(12)28-13(2)10-15(14(28)3)11-20-22(30)27-23(33-20)26-18-6-4-5-17(24)21(18)25/h4-11H,1-3H3,(H,26,27,30)/b20-11-. The molecule has 2 aromatic carbocycles. The molecule has 1 amide bonds. The molecule has 1 saturated heterocycles. The van der Waals surface area contributed by atoms with E-state index in [1.807, 2.05) is 37.5 Å². The molecule has 2 heterocycles. The molecular weight excluding hydrogens is 483 g/mol. The summed E-state index contributed by atoms with van der Waals surface area (Å²) in [4.78, 5) is 28.1. The summed E-state index contributed by atoms with van der Waals surface area (Å²) in [7, 11) is 0. The van der Waals surface area contributed by atoms with E-state index in [4.69, 9.17) is 23.2 Å². The number of hydrogen-bond acceptors (Lipinski definition) is 5. The van der Waals surface area contributed by atoms with Gasteiger partial charge in [0, 0.05) is 29.2 Å². The van der Waals surface area contributed by atoms with Crippen molar-refractivity contribution in [3.8, 4) is 5.69 Å². The number of amidine groups is 1. The second-order valence-electron chi connectivity index (χ2n) is 7.44. The van der Waals surface area contributed by atoms with Crippen molar-refractivity contribution in [1.82, 2.24) is 9.88 Å². The second kappa shape index (κ2) is 9.05. The van der Waals surface area contributed by atoms with Crippen LogP contribution in [-0.2, 0) is 4.79 Å². The maximum atomic E-state index is 12.5. The molecule has 10 heteroatoms. The third-order valence-electron chi connectivity index (χ3n) is 5.19. The summed E-state index contributed by atoms with van der Waals surface area (Å²) in [6.45, 7) is 5.73. The number of non-ortho nitro benzene ring substituents is 1. The van der Waals surface area contributed by atoms with Crippen molar-refractivity contribution < 1.29 is 9.72 Å². The van der Waals surface area contributed by atoms with E-state index in [0.29, 0.717) is 25.8 Å². The number of thioether (sulfide) groups is 1. The topological polar surface area (TPSA) is 89.5 Å². The van der Waals surface area contributed by atoms with E-state index < -0.39 is 4.92 Å². The summed E-state index contributed by atoms with van der Waals surface area (Å²) in [5, 5.41) is 14.9. The van der Waals surface area contributed by atoms with Crippen LogP contribution < -0.4 is 5.32 Å². The Morgan fingerprint density at radius 3 is 2.61 bits per heavy atom. The van der Waals surface area contributed by atoms with Crippen molar-refractivity contribution in [2.45, 2.75) is 20.8 Å². The smallest absolute Gasteiger partial charge is 0.269 e.